The molecule has 0 radical (unpaired) electrons. The Labute approximate surface area is 76.9 Å². The van der Waals surface area contributed by atoms with Crippen molar-refractivity contribution in [2.24, 2.45) is 5.92 Å². The molecule has 12 heavy (non-hydrogen) atoms. The molecule has 1 saturated heterocycles. The van der Waals surface area contributed by atoms with Crippen molar-refractivity contribution in [2.45, 2.75) is 58.4 Å². The van der Waals surface area contributed by atoms with Crippen LogP contribution in [0.2, 0.25) is 0 Å². The second-order valence-corrected chi connectivity index (χ2v) is 4.48. The third-order valence-electron chi connectivity index (χ3n) is 3.35. The van der Waals surface area contributed by atoms with Gasteiger partial charge in [0.05, 0.1) is 0 Å². The van der Waals surface area contributed by atoms with E-state index in [9.17, 15) is 0 Å². The van der Waals surface area contributed by atoms with Crippen LogP contribution in [-0.2, 0) is 0 Å². The highest BCUT2D eigenvalue weighted by Crippen LogP contribution is 2.28. The Morgan fingerprint density at radius 3 is 2.42 bits per heavy atom. The van der Waals surface area contributed by atoms with E-state index in [1.807, 2.05) is 0 Å². The third-order valence-corrected chi connectivity index (χ3v) is 3.35. The van der Waals surface area contributed by atoms with Crippen LogP contribution in [0.1, 0.15) is 52.9 Å². The van der Waals surface area contributed by atoms with Crippen LogP contribution in [0.5, 0.6) is 0 Å². The predicted molar refractivity (Wildman–Crippen MR) is 54.3 cm³/mol. The van der Waals surface area contributed by atoms with E-state index in [1.54, 1.807) is 0 Å². The first-order valence-corrected chi connectivity index (χ1v) is 5.45. The van der Waals surface area contributed by atoms with E-state index >= 15 is 0 Å². The molecule has 0 aliphatic carbocycles. The molecule has 0 amide bonds. The standard InChI is InChI=1S/C11H23N/c1-4-10(5-2)9-11(3)7-6-8-12-11/h10,12H,4-9H2,1-3H3. The zero-order chi connectivity index (χ0) is 9.03. The Bertz CT molecular complexity index is 121. The molecule has 0 aromatic rings. The van der Waals surface area contributed by atoms with Gasteiger partial charge in [-0.2, -0.15) is 0 Å². The fourth-order valence-electron chi connectivity index (χ4n) is 2.35. The summed E-state index contributed by atoms with van der Waals surface area (Å²) in [6.45, 7) is 8.24. The first-order chi connectivity index (χ1) is 5.70. The predicted octanol–water partition coefficient (Wildman–Crippen LogP) is 2.95. The molecule has 1 aliphatic heterocycles. The van der Waals surface area contributed by atoms with Gasteiger partial charge in [-0.25, -0.2) is 0 Å². The summed E-state index contributed by atoms with van der Waals surface area (Å²) in [5.41, 5.74) is 0.469. The van der Waals surface area contributed by atoms with Crippen LogP contribution < -0.4 is 5.32 Å². The minimum atomic E-state index is 0.469. The topological polar surface area (TPSA) is 12.0 Å². The summed E-state index contributed by atoms with van der Waals surface area (Å²) >= 11 is 0. The van der Waals surface area contributed by atoms with Gasteiger partial charge in [0.15, 0.2) is 0 Å². The SMILES string of the molecule is CCC(CC)CC1(C)CCCN1. The average Bonchev–Trinajstić information content (AvgIpc) is 2.48. The molecule has 0 aromatic heterocycles. The molecule has 72 valence electrons. The summed E-state index contributed by atoms with van der Waals surface area (Å²) in [7, 11) is 0. The van der Waals surface area contributed by atoms with E-state index in [2.05, 4.69) is 26.1 Å². The molecule has 0 aromatic carbocycles. The maximum atomic E-state index is 3.63. The second kappa shape index (κ2) is 4.27. The Morgan fingerprint density at radius 2 is 2.00 bits per heavy atom. The van der Waals surface area contributed by atoms with Crippen molar-refractivity contribution in [2.75, 3.05) is 6.54 Å². The van der Waals surface area contributed by atoms with Gasteiger partial charge in [0.25, 0.3) is 0 Å². The summed E-state index contributed by atoms with van der Waals surface area (Å²) in [6.07, 6.45) is 6.81. The quantitative estimate of drug-likeness (QED) is 0.682. The minimum Gasteiger partial charge on any atom is -0.312 e. The monoisotopic (exact) mass is 169 g/mol. The molecule has 1 N–H and O–H groups in total. The molecule has 1 atom stereocenters. The summed E-state index contributed by atoms with van der Waals surface area (Å²) in [5, 5.41) is 3.63. The molecule has 0 saturated carbocycles. The fourth-order valence-corrected chi connectivity index (χ4v) is 2.35. The van der Waals surface area contributed by atoms with Crippen LogP contribution in [0.25, 0.3) is 0 Å². The number of hydrogen-bond donors (Lipinski definition) is 1. The summed E-state index contributed by atoms with van der Waals surface area (Å²) < 4.78 is 0. The third kappa shape index (κ3) is 2.48. The molecule has 0 bridgehead atoms. The molecule has 1 heterocycles. The van der Waals surface area contributed by atoms with Crippen LogP contribution >= 0.6 is 0 Å². The lowest BCUT2D eigenvalue weighted by Crippen LogP contribution is -2.37. The molecule has 1 aliphatic rings. The van der Waals surface area contributed by atoms with Crippen molar-refractivity contribution in [1.29, 1.82) is 0 Å². The van der Waals surface area contributed by atoms with Gasteiger partial charge >= 0.3 is 0 Å². The maximum Gasteiger partial charge on any atom is 0.0156 e. The smallest absolute Gasteiger partial charge is 0.0156 e. The van der Waals surface area contributed by atoms with Crippen molar-refractivity contribution in [3.05, 3.63) is 0 Å². The van der Waals surface area contributed by atoms with Crippen LogP contribution in [0.4, 0.5) is 0 Å². The maximum absolute atomic E-state index is 3.63. The van der Waals surface area contributed by atoms with Gasteiger partial charge in [-0.05, 0) is 38.6 Å². The molecule has 1 rings (SSSR count). The van der Waals surface area contributed by atoms with Crippen LogP contribution in [0, 0.1) is 5.92 Å². The second-order valence-electron chi connectivity index (χ2n) is 4.48. The first kappa shape index (κ1) is 10.0. The van der Waals surface area contributed by atoms with E-state index in [4.69, 9.17) is 0 Å². The van der Waals surface area contributed by atoms with Gasteiger partial charge in [-0.1, -0.05) is 26.7 Å². The van der Waals surface area contributed by atoms with Crippen molar-refractivity contribution in [3.8, 4) is 0 Å². The number of nitrogens with one attached hydrogen (secondary N) is 1. The molecular formula is C11H23N. The van der Waals surface area contributed by atoms with E-state index in [0.29, 0.717) is 5.54 Å². The van der Waals surface area contributed by atoms with Crippen molar-refractivity contribution in [1.82, 2.24) is 5.32 Å². The summed E-state index contributed by atoms with van der Waals surface area (Å²) in [5.74, 6) is 0.931. The van der Waals surface area contributed by atoms with Crippen molar-refractivity contribution in [3.63, 3.8) is 0 Å². The van der Waals surface area contributed by atoms with Crippen LogP contribution in [-0.4, -0.2) is 12.1 Å². The summed E-state index contributed by atoms with van der Waals surface area (Å²) in [4.78, 5) is 0. The normalized spacial score (nSPS) is 30.0. The lowest BCUT2D eigenvalue weighted by molar-refractivity contribution is 0.295. The molecule has 1 heteroatoms. The van der Waals surface area contributed by atoms with Gasteiger partial charge in [-0.15, -0.1) is 0 Å². The van der Waals surface area contributed by atoms with Gasteiger partial charge < -0.3 is 5.32 Å². The van der Waals surface area contributed by atoms with Crippen molar-refractivity contribution < 1.29 is 0 Å². The van der Waals surface area contributed by atoms with Gasteiger partial charge in [0.1, 0.15) is 0 Å². The van der Waals surface area contributed by atoms with E-state index in [1.165, 1.54) is 38.6 Å². The zero-order valence-electron chi connectivity index (χ0n) is 8.82. The highest BCUT2D eigenvalue weighted by molar-refractivity contribution is 4.89. The molecular weight excluding hydrogens is 146 g/mol. The highest BCUT2D eigenvalue weighted by Gasteiger charge is 2.29. The van der Waals surface area contributed by atoms with Gasteiger partial charge in [0.2, 0.25) is 0 Å². The Morgan fingerprint density at radius 1 is 1.33 bits per heavy atom. The molecule has 1 nitrogen and oxygen atoms in total. The fraction of sp³-hybridized carbons (Fsp3) is 1.00. The molecule has 1 unspecified atom stereocenters. The minimum absolute atomic E-state index is 0.469. The van der Waals surface area contributed by atoms with Crippen LogP contribution in [0.15, 0.2) is 0 Å². The first-order valence-electron chi connectivity index (χ1n) is 5.45. The average molecular weight is 169 g/mol. The van der Waals surface area contributed by atoms with Crippen molar-refractivity contribution >= 4 is 0 Å². The number of rotatable bonds is 4. The Balaban J connectivity index is 2.36. The zero-order valence-corrected chi connectivity index (χ0v) is 8.82. The van der Waals surface area contributed by atoms with E-state index < -0.39 is 0 Å². The Hall–Kier alpha value is -0.0400. The van der Waals surface area contributed by atoms with E-state index in [-0.39, 0.29) is 0 Å². The highest BCUT2D eigenvalue weighted by atomic mass is 15.0. The summed E-state index contributed by atoms with van der Waals surface area (Å²) in [6, 6.07) is 0. The molecule has 0 spiro atoms. The lowest BCUT2D eigenvalue weighted by atomic mass is 9.85. The molecule has 1 fully saturated rings. The van der Waals surface area contributed by atoms with Gasteiger partial charge in [-0.3, -0.25) is 0 Å². The Kier molecular flexibility index (Phi) is 3.57. The lowest BCUT2D eigenvalue weighted by Gasteiger charge is -2.28. The van der Waals surface area contributed by atoms with Gasteiger partial charge in [0, 0.05) is 5.54 Å². The largest absolute Gasteiger partial charge is 0.312 e. The van der Waals surface area contributed by atoms with E-state index in [0.717, 1.165) is 5.92 Å². The van der Waals surface area contributed by atoms with Crippen LogP contribution in [0.3, 0.4) is 0 Å². The number of hydrogen-bond acceptors (Lipinski definition) is 1.